The number of nitrogens with zero attached hydrogens (tertiary/aromatic N) is 2. The first kappa shape index (κ1) is 19.9. The van der Waals surface area contributed by atoms with Crippen LogP contribution in [0.4, 0.5) is 11.4 Å². The SMILES string of the molecule is CCOC(=O)C1(N(C(=O)CC)c2ccccc2)CCN(c2ccccc2)CC1. The van der Waals surface area contributed by atoms with Crippen LogP contribution in [0.1, 0.15) is 33.1 Å². The van der Waals surface area contributed by atoms with Gasteiger partial charge < -0.3 is 9.64 Å². The van der Waals surface area contributed by atoms with Crippen LogP contribution >= 0.6 is 0 Å². The highest BCUT2D eigenvalue weighted by molar-refractivity contribution is 6.02. The number of rotatable bonds is 6. The molecule has 0 atom stereocenters. The maximum Gasteiger partial charge on any atom is 0.332 e. The minimum absolute atomic E-state index is 0.0626. The number of hydrogen-bond donors (Lipinski definition) is 0. The van der Waals surface area contributed by atoms with Gasteiger partial charge in [-0.3, -0.25) is 9.69 Å². The topological polar surface area (TPSA) is 49.9 Å². The fraction of sp³-hybridized carbons (Fsp3) is 0.391. The molecular formula is C23H28N2O3. The molecule has 5 heteroatoms. The van der Waals surface area contributed by atoms with E-state index in [9.17, 15) is 9.59 Å². The van der Waals surface area contributed by atoms with Gasteiger partial charge in [-0.05, 0) is 44.0 Å². The van der Waals surface area contributed by atoms with Crippen LogP contribution in [0.3, 0.4) is 0 Å². The van der Waals surface area contributed by atoms with Gasteiger partial charge in [0.15, 0.2) is 0 Å². The second kappa shape index (κ2) is 8.91. The monoisotopic (exact) mass is 380 g/mol. The van der Waals surface area contributed by atoms with Crippen LogP contribution in [0, 0.1) is 0 Å². The molecule has 1 aliphatic rings. The highest BCUT2D eigenvalue weighted by Crippen LogP contribution is 2.36. The van der Waals surface area contributed by atoms with Crippen LogP contribution in [0.2, 0.25) is 0 Å². The Bertz CT molecular complexity index is 784. The standard InChI is InChI=1S/C23H28N2O3/c1-3-21(26)25(20-13-9-6-10-14-20)23(22(27)28-4-2)15-17-24(18-16-23)19-11-7-5-8-12-19/h5-14H,3-4,15-18H2,1-2H3. The van der Waals surface area contributed by atoms with E-state index in [2.05, 4.69) is 17.0 Å². The molecule has 148 valence electrons. The van der Waals surface area contributed by atoms with Gasteiger partial charge in [-0.25, -0.2) is 4.79 Å². The van der Waals surface area contributed by atoms with Gasteiger partial charge in [0.05, 0.1) is 6.61 Å². The maximum atomic E-state index is 13.2. The third kappa shape index (κ3) is 3.88. The molecule has 0 radical (unpaired) electrons. The Kier molecular flexibility index (Phi) is 6.34. The van der Waals surface area contributed by atoms with E-state index in [4.69, 9.17) is 4.74 Å². The number of anilines is 2. The molecule has 0 aromatic heterocycles. The van der Waals surface area contributed by atoms with Crippen molar-refractivity contribution in [3.05, 3.63) is 60.7 Å². The van der Waals surface area contributed by atoms with Crippen molar-refractivity contribution in [2.75, 3.05) is 29.5 Å². The molecule has 0 spiro atoms. The van der Waals surface area contributed by atoms with E-state index in [0.29, 0.717) is 39.0 Å². The molecule has 1 aliphatic heterocycles. The fourth-order valence-electron chi connectivity index (χ4n) is 3.92. The summed E-state index contributed by atoms with van der Waals surface area (Å²) in [5.74, 6) is -0.374. The van der Waals surface area contributed by atoms with Crippen molar-refractivity contribution in [2.24, 2.45) is 0 Å². The quantitative estimate of drug-likeness (QED) is 0.710. The fourth-order valence-corrected chi connectivity index (χ4v) is 3.92. The normalized spacial score (nSPS) is 15.7. The van der Waals surface area contributed by atoms with Crippen molar-refractivity contribution in [3.8, 4) is 0 Å². The van der Waals surface area contributed by atoms with Gasteiger partial charge in [-0.1, -0.05) is 43.3 Å². The van der Waals surface area contributed by atoms with Gasteiger partial charge >= 0.3 is 5.97 Å². The van der Waals surface area contributed by atoms with Gasteiger partial charge in [0.25, 0.3) is 0 Å². The van der Waals surface area contributed by atoms with Gasteiger partial charge in [0.2, 0.25) is 5.91 Å². The number of piperidine rings is 1. The summed E-state index contributed by atoms with van der Waals surface area (Å²) in [6, 6.07) is 19.6. The van der Waals surface area contributed by atoms with Crippen molar-refractivity contribution in [1.29, 1.82) is 0 Å². The molecule has 0 aliphatic carbocycles. The molecule has 28 heavy (non-hydrogen) atoms. The van der Waals surface area contributed by atoms with Crippen molar-refractivity contribution in [2.45, 2.75) is 38.6 Å². The lowest BCUT2D eigenvalue weighted by Crippen LogP contribution is -2.63. The van der Waals surface area contributed by atoms with Gasteiger partial charge in [-0.15, -0.1) is 0 Å². The van der Waals surface area contributed by atoms with E-state index in [1.807, 2.05) is 55.5 Å². The predicted octanol–water partition coefficient (Wildman–Crippen LogP) is 4.03. The van der Waals surface area contributed by atoms with E-state index in [-0.39, 0.29) is 11.9 Å². The van der Waals surface area contributed by atoms with Gasteiger partial charge in [0, 0.05) is 30.9 Å². The number of hydrogen-bond acceptors (Lipinski definition) is 4. The molecule has 1 heterocycles. The number of esters is 1. The van der Waals surface area contributed by atoms with Crippen LogP contribution in [-0.4, -0.2) is 37.1 Å². The minimum Gasteiger partial charge on any atom is -0.464 e. The lowest BCUT2D eigenvalue weighted by atomic mass is 9.84. The number of carbonyl (C=O) groups is 2. The Morgan fingerprint density at radius 3 is 2.07 bits per heavy atom. The summed E-state index contributed by atoms with van der Waals surface area (Å²) in [6.45, 7) is 5.30. The maximum absolute atomic E-state index is 13.2. The van der Waals surface area contributed by atoms with Crippen LogP contribution < -0.4 is 9.80 Å². The highest BCUT2D eigenvalue weighted by Gasteiger charge is 2.50. The molecule has 3 rings (SSSR count). The molecule has 2 aromatic rings. The van der Waals surface area contributed by atoms with Crippen molar-refractivity contribution < 1.29 is 14.3 Å². The number of ether oxygens (including phenoxy) is 1. The van der Waals surface area contributed by atoms with E-state index in [1.165, 1.54) is 0 Å². The predicted molar refractivity (Wildman–Crippen MR) is 111 cm³/mol. The number of amides is 1. The zero-order chi connectivity index (χ0) is 20.0. The van der Waals surface area contributed by atoms with E-state index in [0.717, 1.165) is 11.4 Å². The largest absolute Gasteiger partial charge is 0.464 e. The summed E-state index contributed by atoms with van der Waals surface area (Å²) in [4.78, 5) is 30.1. The Balaban J connectivity index is 1.96. The highest BCUT2D eigenvalue weighted by atomic mass is 16.5. The van der Waals surface area contributed by atoms with Crippen molar-refractivity contribution in [3.63, 3.8) is 0 Å². The molecule has 0 saturated carbocycles. The molecule has 0 N–H and O–H groups in total. The number of para-hydroxylation sites is 2. The first-order valence-corrected chi connectivity index (χ1v) is 9.97. The zero-order valence-electron chi connectivity index (χ0n) is 16.6. The van der Waals surface area contributed by atoms with E-state index < -0.39 is 5.54 Å². The van der Waals surface area contributed by atoms with Crippen molar-refractivity contribution >= 4 is 23.3 Å². The Morgan fingerprint density at radius 1 is 0.964 bits per heavy atom. The molecule has 2 aromatic carbocycles. The number of benzene rings is 2. The average Bonchev–Trinajstić information content (AvgIpc) is 2.75. The molecule has 1 amide bonds. The molecule has 0 unspecified atom stereocenters. The van der Waals surface area contributed by atoms with Crippen LogP contribution in [0.5, 0.6) is 0 Å². The van der Waals surface area contributed by atoms with Crippen LogP contribution in [0.15, 0.2) is 60.7 Å². The summed E-state index contributed by atoms with van der Waals surface area (Å²) < 4.78 is 5.47. The van der Waals surface area contributed by atoms with Crippen LogP contribution in [0.25, 0.3) is 0 Å². The zero-order valence-corrected chi connectivity index (χ0v) is 16.6. The Hall–Kier alpha value is -2.82. The Morgan fingerprint density at radius 2 is 1.54 bits per heavy atom. The van der Waals surface area contributed by atoms with Gasteiger partial charge in [0.1, 0.15) is 5.54 Å². The second-order valence-corrected chi connectivity index (χ2v) is 6.99. The second-order valence-electron chi connectivity index (χ2n) is 6.99. The smallest absolute Gasteiger partial charge is 0.332 e. The first-order chi connectivity index (χ1) is 13.6. The molecule has 1 fully saturated rings. The van der Waals surface area contributed by atoms with Crippen LogP contribution in [-0.2, 0) is 14.3 Å². The summed E-state index contributed by atoms with van der Waals surface area (Å²) in [7, 11) is 0. The number of carbonyl (C=O) groups excluding carboxylic acids is 2. The van der Waals surface area contributed by atoms with Crippen molar-refractivity contribution in [1.82, 2.24) is 0 Å². The van der Waals surface area contributed by atoms with E-state index >= 15 is 0 Å². The van der Waals surface area contributed by atoms with E-state index in [1.54, 1.807) is 11.8 Å². The molecule has 5 nitrogen and oxygen atoms in total. The molecule has 0 bridgehead atoms. The summed E-state index contributed by atoms with van der Waals surface area (Å²) in [6.07, 6.45) is 1.39. The summed E-state index contributed by atoms with van der Waals surface area (Å²) in [5, 5.41) is 0. The lowest BCUT2D eigenvalue weighted by molar-refractivity contribution is -0.152. The molecule has 1 saturated heterocycles. The molecular weight excluding hydrogens is 352 g/mol. The first-order valence-electron chi connectivity index (χ1n) is 9.97. The average molecular weight is 380 g/mol. The third-order valence-corrected chi connectivity index (χ3v) is 5.36. The Labute approximate surface area is 166 Å². The summed E-state index contributed by atoms with van der Waals surface area (Å²) in [5.41, 5.74) is 0.902. The minimum atomic E-state index is -0.976. The third-order valence-electron chi connectivity index (χ3n) is 5.36. The summed E-state index contributed by atoms with van der Waals surface area (Å²) >= 11 is 0. The van der Waals surface area contributed by atoms with Gasteiger partial charge in [-0.2, -0.15) is 0 Å². The lowest BCUT2D eigenvalue weighted by Gasteiger charge is -2.47.